The summed E-state index contributed by atoms with van der Waals surface area (Å²) in [5.41, 5.74) is 5.93. The summed E-state index contributed by atoms with van der Waals surface area (Å²) in [7, 11) is 0. The lowest BCUT2D eigenvalue weighted by Gasteiger charge is -2.24. The highest BCUT2D eigenvalue weighted by molar-refractivity contribution is 8.00. The SMILES string of the molecule is CC1(CNC(=O)C2CCCC2N)CCCS1.Cl. The number of carbonyl (C=O) groups is 1. The van der Waals surface area contributed by atoms with E-state index in [-0.39, 0.29) is 35.0 Å². The summed E-state index contributed by atoms with van der Waals surface area (Å²) in [6.45, 7) is 3.05. The van der Waals surface area contributed by atoms with E-state index in [4.69, 9.17) is 5.73 Å². The first kappa shape index (κ1) is 15.1. The van der Waals surface area contributed by atoms with Crippen LogP contribution >= 0.6 is 24.2 Å². The van der Waals surface area contributed by atoms with Crippen molar-refractivity contribution in [2.75, 3.05) is 12.3 Å². The van der Waals surface area contributed by atoms with Gasteiger partial charge in [0.05, 0.1) is 5.92 Å². The minimum absolute atomic E-state index is 0. The molecule has 3 nitrogen and oxygen atoms in total. The van der Waals surface area contributed by atoms with Gasteiger partial charge in [-0.3, -0.25) is 4.79 Å². The summed E-state index contributed by atoms with van der Waals surface area (Å²) >= 11 is 1.98. The van der Waals surface area contributed by atoms with Gasteiger partial charge >= 0.3 is 0 Å². The number of amides is 1. The molecule has 100 valence electrons. The number of hydrogen-bond donors (Lipinski definition) is 2. The Morgan fingerprint density at radius 3 is 2.76 bits per heavy atom. The van der Waals surface area contributed by atoms with Crippen molar-refractivity contribution < 1.29 is 4.79 Å². The van der Waals surface area contributed by atoms with Gasteiger partial charge in [0.1, 0.15) is 0 Å². The first-order chi connectivity index (χ1) is 7.61. The zero-order chi connectivity index (χ0) is 11.6. The molecular weight excluding hydrogens is 256 g/mol. The highest BCUT2D eigenvalue weighted by Crippen LogP contribution is 2.37. The quantitative estimate of drug-likeness (QED) is 0.830. The molecule has 0 bridgehead atoms. The van der Waals surface area contributed by atoms with E-state index in [1.807, 2.05) is 11.8 Å². The molecule has 1 aliphatic heterocycles. The van der Waals surface area contributed by atoms with Gasteiger partial charge in [0, 0.05) is 17.3 Å². The molecular formula is C12H23ClN2OS. The van der Waals surface area contributed by atoms with Crippen molar-refractivity contribution in [3.63, 3.8) is 0 Å². The Bertz CT molecular complexity index is 269. The predicted molar refractivity (Wildman–Crippen MR) is 75.7 cm³/mol. The Kier molecular flexibility index (Phi) is 5.61. The third-order valence-corrected chi connectivity index (χ3v) is 5.38. The molecule has 1 amide bonds. The monoisotopic (exact) mass is 278 g/mol. The number of nitrogens with two attached hydrogens (primary N) is 1. The van der Waals surface area contributed by atoms with E-state index in [2.05, 4.69) is 12.2 Å². The second-order valence-corrected chi connectivity index (χ2v) is 7.00. The Labute approximate surface area is 114 Å². The van der Waals surface area contributed by atoms with Crippen molar-refractivity contribution in [3.05, 3.63) is 0 Å². The van der Waals surface area contributed by atoms with Gasteiger partial charge in [-0.15, -0.1) is 12.4 Å². The van der Waals surface area contributed by atoms with Crippen LogP contribution in [0.1, 0.15) is 39.0 Å². The fraction of sp³-hybridized carbons (Fsp3) is 0.917. The Morgan fingerprint density at radius 2 is 2.24 bits per heavy atom. The second kappa shape index (κ2) is 6.30. The highest BCUT2D eigenvalue weighted by Gasteiger charge is 2.33. The van der Waals surface area contributed by atoms with Gasteiger partial charge in [-0.05, 0) is 38.4 Å². The lowest BCUT2D eigenvalue weighted by atomic mass is 10.0. The van der Waals surface area contributed by atoms with Gasteiger partial charge in [-0.2, -0.15) is 11.8 Å². The molecule has 3 atom stereocenters. The lowest BCUT2D eigenvalue weighted by molar-refractivity contribution is -0.125. The molecule has 1 aliphatic carbocycles. The summed E-state index contributed by atoms with van der Waals surface area (Å²) in [5, 5.41) is 3.10. The smallest absolute Gasteiger partial charge is 0.224 e. The minimum atomic E-state index is 0. The van der Waals surface area contributed by atoms with Crippen LogP contribution in [0.4, 0.5) is 0 Å². The maximum Gasteiger partial charge on any atom is 0.224 e. The Morgan fingerprint density at radius 1 is 1.47 bits per heavy atom. The van der Waals surface area contributed by atoms with Crippen LogP contribution in [0.25, 0.3) is 0 Å². The van der Waals surface area contributed by atoms with Crippen LogP contribution in [0.3, 0.4) is 0 Å². The van der Waals surface area contributed by atoms with Gasteiger partial charge in [-0.1, -0.05) is 6.42 Å². The van der Waals surface area contributed by atoms with Crippen LogP contribution in [-0.4, -0.2) is 29.0 Å². The summed E-state index contributed by atoms with van der Waals surface area (Å²) < 4.78 is 0.262. The zero-order valence-electron chi connectivity index (χ0n) is 10.4. The van der Waals surface area contributed by atoms with Crippen molar-refractivity contribution in [2.45, 2.75) is 49.8 Å². The van der Waals surface area contributed by atoms with E-state index < -0.39 is 0 Å². The van der Waals surface area contributed by atoms with Gasteiger partial charge in [0.2, 0.25) is 5.91 Å². The van der Waals surface area contributed by atoms with Crippen LogP contribution in [-0.2, 0) is 4.79 Å². The predicted octanol–water partition coefficient (Wildman–Crippen LogP) is 1.94. The van der Waals surface area contributed by atoms with Crippen LogP contribution in [0.15, 0.2) is 0 Å². The number of nitrogens with one attached hydrogen (secondary N) is 1. The molecule has 3 unspecified atom stereocenters. The Hall–Kier alpha value is 0.0700. The summed E-state index contributed by atoms with van der Waals surface area (Å²) in [6.07, 6.45) is 5.57. The normalized spacial score (nSPS) is 36.6. The number of hydrogen-bond acceptors (Lipinski definition) is 3. The molecule has 5 heteroatoms. The topological polar surface area (TPSA) is 55.1 Å². The van der Waals surface area contributed by atoms with E-state index in [1.54, 1.807) is 0 Å². The van der Waals surface area contributed by atoms with Crippen LogP contribution in [0.5, 0.6) is 0 Å². The highest BCUT2D eigenvalue weighted by atomic mass is 35.5. The van der Waals surface area contributed by atoms with Crippen molar-refractivity contribution in [1.82, 2.24) is 5.32 Å². The molecule has 0 aromatic heterocycles. The molecule has 1 heterocycles. The molecule has 17 heavy (non-hydrogen) atoms. The molecule has 2 rings (SSSR count). The second-order valence-electron chi connectivity index (χ2n) is 5.32. The molecule has 3 N–H and O–H groups in total. The van der Waals surface area contributed by atoms with E-state index in [1.165, 1.54) is 18.6 Å². The average Bonchev–Trinajstić information content (AvgIpc) is 2.85. The molecule has 0 aromatic carbocycles. The van der Waals surface area contributed by atoms with Crippen LogP contribution < -0.4 is 11.1 Å². The zero-order valence-corrected chi connectivity index (χ0v) is 12.0. The van der Waals surface area contributed by atoms with E-state index in [0.717, 1.165) is 25.8 Å². The van der Waals surface area contributed by atoms with Gasteiger partial charge in [-0.25, -0.2) is 0 Å². The Balaban J connectivity index is 0.00000144. The number of thioether (sulfide) groups is 1. The molecule has 1 saturated heterocycles. The van der Waals surface area contributed by atoms with Crippen LogP contribution in [0.2, 0.25) is 0 Å². The van der Waals surface area contributed by atoms with Crippen LogP contribution in [0, 0.1) is 5.92 Å². The summed E-state index contributed by atoms with van der Waals surface area (Å²) in [4.78, 5) is 12.0. The molecule has 0 spiro atoms. The van der Waals surface area contributed by atoms with Gasteiger partial charge < -0.3 is 11.1 Å². The first-order valence-electron chi connectivity index (χ1n) is 6.28. The molecule has 0 radical (unpaired) electrons. The van der Waals surface area contributed by atoms with Gasteiger partial charge in [0.15, 0.2) is 0 Å². The molecule has 2 aliphatic rings. The lowest BCUT2D eigenvalue weighted by Crippen LogP contribution is -2.43. The van der Waals surface area contributed by atoms with Gasteiger partial charge in [0.25, 0.3) is 0 Å². The molecule has 0 aromatic rings. The summed E-state index contributed by atoms with van der Waals surface area (Å²) in [5.74, 6) is 1.48. The number of halogens is 1. The third kappa shape index (κ3) is 3.76. The van der Waals surface area contributed by atoms with Crippen molar-refractivity contribution in [1.29, 1.82) is 0 Å². The van der Waals surface area contributed by atoms with E-state index in [0.29, 0.717) is 0 Å². The third-order valence-electron chi connectivity index (χ3n) is 3.84. The first-order valence-corrected chi connectivity index (χ1v) is 7.27. The average molecular weight is 279 g/mol. The standard InChI is InChI=1S/C12H22N2OS.ClH/c1-12(6-3-7-16-12)8-14-11(15)9-4-2-5-10(9)13;/h9-10H,2-8,13H2,1H3,(H,14,15);1H. The fourth-order valence-corrected chi connectivity index (χ4v) is 3.94. The minimum Gasteiger partial charge on any atom is -0.354 e. The molecule has 2 fully saturated rings. The number of carbonyl (C=O) groups excluding carboxylic acids is 1. The molecule has 1 saturated carbocycles. The maximum atomic E-state index is 12.0. The fourth-order valence-electron chi connectivity index (χ4n) is 2.70. The largest absolute Gasteiger partial charge is 0.354 e. The van der Waals surface area contributed by atoms with Crippen molar-refractivity contribution in [2.24, 2.45) is 11.7 Å². The number of rotatable bonds is 3. The van der Waals surface area contributed by atoms with E-state index in [9.17, 15) is 4.79 Å². The van der Waals surface area contributed by atoms with Crippen molar-refractivity contribution >= 4 is 30.1 Å². The summed E-state index contributed by atoms with van der Waals surface area (Å²) in [6, 6.07) is 0.0871. The van der Waals surface area contributed by atoms with E-state index >= 15 is 0 Å². The van der Waals surface area contributed by atoms with Crippen molar-refractivity contribution in [3.8, 4) is 0 Å². The maximum absolute atomic E-state index is 12.0.